The van der Waals surface area contributed by atoms with Crippen LogP contribution in [0.5, 0.6) is 0 Å². The molecule has 0 unspecified atom stereocenters. The number of halogens is 1. The number of esters is 1. The van der Waals surface area contributed by atoms with Gasteiger partial charge in [-0.2, -0.15) is 5.10 Å². The lowest BCUT2D eigenvalue weighted by molar-refractivity contribution is -0.134. The van der Waals surface area contributed by atoms with Crippen LogP contribution in [0.2, 0.25) is 0 Å². The van der Waals surface area contributed by atoms with Crippen LogP contribution < -0.4 is 5.84 Å². The van der Waals surface area contributed by atoms with Gasteiger partial charge in [0.15, 0.2) is 0 Å². The van der Waals surface area contributed by atoms with Gasteiger partial charge in [0.25, 0.3) is 0 Å². The first-order valence-electron chi connectivity index (χ1n) is 2.32. The van der Waals surface area contributed by atoms with Crippen molar-refractivity contribution < 1.29 is 9.53 Å². The highest BCUT2D eigenvalue weighted by Gasteiger charge is 2.06. The molecule has 0 aliphatic heterocycles. The maximum atomic E-state index is 10.4. The van der Waals surface area contributed by atoms with Crippen molar-refractivity contribution >= 4 is 22.7 Å². The van der Waals surface area contributed by atoms with Crippen molar-refractivity contribution in [1.29, 1.82) is 0 Å². The van der Waals surface area contributed by atoms with Crippen molar-refractivity contribution in [1.82, 2.24) is 0 Å². The Balaban J connectivity index is 3.74. The zero-order valence-corrected chi connectivity index (χ0v) is 5.68. The number of carbonyl (C=O) groups excluding carboxylic acids is 1. The van der Waals surface area contributed by atoms with Gasteiger partial charge in [0, 0.05) is 0 Å². The van der Waals surface area contributed by atoms with E-state index in [0.717, 1.165) is 0 Å². The van der Waals surface area contributed by atoms with E-state index >= 15 is 0 Å². The molecule has 0 amide bonds. The number of hydrazone groups is 1. The Labute approximate surface area is 57.6 Å². The lowest BCUT2D eigenvalue weighted by atomic mass is 10.7. The van der Waals surface area contributed by atoms with Gasteiger partial charge in [-0.1, -0.05) is 11.6 Å². The van der Waals surface area contributed by atoms with E-state index in [1.165, 1.54) is 0 Å². The van der Waals surface area contributed by atoms with Gasteiger partial charge in [0.05, 0.1) is 6.61 Å². The molecule has 0 aromatic carbocycles. The van der Waals surface area contributed by atoms with Crippen molar-refractivity contribution in [3.8, 4) is 0 Å². The fourth-order valence-electron chi connectivity index (χ4n) is 0.243. The number of nitrogens with two attached hydrogens (primary N) is 1. The van der Waals surface area contributed by atoms with E-state index in [2.05, 4.69) is 15.7 Å². The van der Waals surface area contributed by atoms with Crippen LogP contribution in [0.4, 0.5) is 0 Å². The van der Waals surface area contributed by atoms with E-state index in [-0.39, 0.29) is 11.8 Å². The Bertz CT molecular complexity index is 135. The van der Waals surface area contributed by atoms with Gasteiger partial charge < -0.3 is 10.6 Å². The molecule has 0 aliphatic rings. The second-order valence-electron chi connectivity index (χ2n) is 1.14. The van der Waals surface area contributed by atoms with Crippen molar-refractivity contribution in [3.63, 3.8) is 0 Å². The molecular formula is C4H7ClN2O2. The minimum atomic E-state index is -0.693. The monoisotopic (exact) mass is 150 g/mol. The number of ether oxygens (including phenoxy) is 1. The molecule has 52 valence electrons. The van der Waals surface area contributed by atoms with Crippen LogP contribution in [0, 0.1) is 0 Å². The third kappa shape index (κ3) is 2.92. The number of hydrogen-bond donors (Lipinski definition) is 1. The highest BCUT2D eigenvalue weighted by Crippen LogP contribution is 1.87. The lowest BCUT2D eigenvalue weighted by Crippen LogP contribution is -2.13. The van der Waals surface area contributed by atoms with Crippen LogP contribution in [0.1, 0.15) is 6.92 Å². The van der Waals surface area contributed by atoms with Crippen LogP contribution in [-0.2, 0) is 9.53 Å². The van der Waals surface area contributed by atoms with E-state index < -0.39 is 5.97 Å². The van der Waals surface area contributed by atoms with E-state index in [1.54, 1.807) is 6.92 Å². The quantitative estimate of drug-likeness (QED) is 0.262. The van der Waals surface area contributed by atoms with Crippen LogP contribution >= 0.6 is 11.6 Å². The maximum Gasteiger partial charge on any atom is 0.370 e. The summed E-state index contributed by atoms with van der Waals surface area (Å²) in [5.74, 6) is 3.97. The first kappa shape index (κ1) is 8.23. The van der Waals surface area contributed by atoms with Gasteiger partial charge >= 0.3 is 5.97 Å². The van der Waals surface area contributed by atoms with Crippen LogP contribution in [0.3, 0.4) is 0 Å². The molecule has 0 radical (unpaired) electrons. The molecule has 4 nitrogen and oxygen atoms in total. The van der Waals surface area contributed by atoms with E-state index in [0.29, 0.717) is 0 Å². The Hall–Kier alpha value is -0.770. The summed E-state index contributed by atoms with van der Waals surface area (Å²) < 4.78 is 4.41. The molecule has 0 spiro atoms. The zero-order valence-electron chi connectivity index (χ0n) is 4.93. The topological polar surface area (TPSA) is 64.7 Å². The molecule has 0 fully saturated rings. The van der Waals surface area contributed by atoms with E-state index in [1.807, 2.05) is 0 Å². The van der Waals surface area contributed by atoms with Crippen LogP contribution in [-0.4, -0.2) is 17.7 Å². The summed E-state index contributed by atoms with van der Waals surface area (Å²) in [7, 11) is 0. The minimum Gasteiger partial charge on any atom is -0.461 e. The molecule has 0 saturated carbocycles. The molecular weight excluding hydrogens is 144 g/mol. The third-order valence-corrected chi connectivity index (χ3v) is 0.809. The molecule has 5 heteroatoms. The van der Waals surface area contributed by atoms with Crippen molar-refractivity contribution in [2.75, 3.05) is 6.61 Å². The first-order chi connectivity index (χ1) is 4.22. The molecule has 0 aromatic heterocycles. The highest BCUT2D eigenvalue weighted by molar-refractivity contribution is 6.81. The first-order valence-corrected chi connectivity index (χ1v) is 2.70. The number of nitrogens with zero attached hydrogens (tertiary/aromatic N) is 1. The molecule has 9 heavy (non-hydrogen) atoms. The van der Waals surface area contributed by atoms with Gasteiger partial charge in [-0.25, -0.2) is 4.79 Å². The molecule has 0 saturated heterocycles. The molecule has 2 N–H and O–H groups in total. The average molecular weight is 151 g/mol. The SMILES string of the molecule is CCOC(=O)C(Cl)=NN. The Morgan fingerprint density at radius 1 is 1.89 bits per heavy atom. The Morgan fingerprint density at radius 3 is 2.78 bits per heavy atom. The van der Waals surface area contributed by atoms with Crippen molar-refractivity contribution in [2.24, 2.45) is 10.9 Å². The van der Waals surface area contributed by atoms with Gasteiger partial charge in [0.2, 0.25) is 5.17 Å². The molecule has 0 heterocycles. The molecule has 0 aromatic rings. The fraction of sp³-hybridized carbons (Fsp3) is 0.500. The number of rotatable bonds is 2. The summed E-state index contributed by atoms with van der Waals surface area (Å²) in [5.41, 5.74) is 0. The molecule has 0 aliphatic carbocycles. The highest BCUT2D eigenvalue weighted by atomic mass is 35.5. The van der Waals surface area contributed by atoms with Crippen LogP contribution in [0.25, 0.3) is 0 Å². The zero-order chi connectivity index (χ0) is 7.28. The second-order valence-corrected chi connectivity index (χ2v) is 1.50. The van der Waals surface area contributed by atoms with Gasteiger partial charge in [-0.05, 0) is 6.92 Å². The van der Waals surface area contributed by atoms with E-state index in [4.69, 9.17) is 11.6 Å². The third-order valence-electron chi connectivity index (χ3n) is 0.557. The summed E-state index contributed by atoms with van der Waals surface area (Å²) in [6.45, 7) is 1.93. The van der Waals surface area contributed by atoms with E-state index in [9.17, 15) is 4.79 Å². The molecule has 0 rings (SSSR count). The lowest BCUT2D eigenvalue weighted by Gasteiger charge is -1.95. The summed E-state index contributed by atoms with van der Waals surface area (Å²) in [6, 6.07) is 0. The normalized spacial score (nSPS) is 11.1. The summed E-state index contributed by atoms with van der Waals surface area (Å²) >= 11 is 5.14. The predicted octanol–water partition coefficient (Wildman–Crippen LogP) is 0.0605. The summed E-state index contributed by atoms with van der Waals surface area (Å²) in [6.07, 6.45) is 0. The van der Waals surface area contributed by atoms with Gasteiger partial charge in [0.1, 0.15) is 0 Å². The largest absolute Gasteiger partial charge is 0.461 e. The van der Waals surface area contributed by atoms with Crippen LogP contribution in [0.15, 0.2) is 5.10 Å². The maximum absolute atomic E-state index is 10.4. The Morgan fingerprint density at radius 2 is 2.44 bits per heavy atom. The predicted molar refractivity (Wildman–Crippen MR) is 34.1 cm³/mol. The average Bonchev–Trinajstić information content (AvgIpc) is 1.87. The van der Waals surface area contributed by atoms with Gasteiger partial charge in [-0.15, -0.1) is 0 Å². The smallest absolute Gasteiger partial charge is 0.370 e. The standard InChI is InChI=1S/C4H7ClN2O2/c1-2-9-4(8)3(5)7-6/h2,6H2,1H3. The molecule has 0 bridgehead atoms. The number of carbonyl (C=O) groups is 1. The number of hydrogen-bond acceptors (Lipinski definition) is 4. The second kappa shape index (κ2) is 4.14. The minimum absolute atomic E-state index is 0.268. The fourth-order valence-corrected chi connectivity index (χ4v) is 0.298. The summed E-state index contributed by atoms with van der Waals surface area (Å²) in [4.78, 5) is 10.4. The van der Waals surface area contributed by atoms with Crippen molar-refractivity contribution in [2.45, 2.75) is 6.92 Å². The van der Waals surface area contributed by atoms with Crippen molar-refractivity contribution in [3.05, 3.63) is 0 Å². The van der Waals surface area contributed by atoms with Gasteiger partial charge in [-0.3, -0.25) is 0 Å². The molecule has 0 atom stereocenters. The Kier molecular flexibility index (Phi) is 3.79. The summed E-state index contributed by atoms with van der Waals surface area (Å²) in [5, 5.41) is 2.58.